The van der Waals surface area contributed by atoms with E-state index in [4.69, 9.17) is 0 Å². The second-order valence-corrected chi connectivity index (χ2v) is 6.20. The van der Waals surface area contributed by atoms with Crippen LogP contribution >= 0.6 is 0 Å². The van der Waals surface area contributed by atoms with Crippen LogP contribution in [0.2, 0.25) is 0 Å². The molecule has 3 rings (SSSR count). The predicted octanol–water partition coefficient (Wildman–Crippen LogP) is 3.64. The highest BCUT2D eigenvalue weighted by Gasteiger charge is 2.37. The fourth-order valence-electron chi connectivity index (χ4n) is 3.91. The molecule has 1 fully saturated rings. The number of hydrogen-bond donors (Lipinski definition) is 1. The molecule has 20 heavy (non-hydrogen) atoms. The van der Waals surface area contributed by atoms with Crippen molar-refractivity contribution in [2.75, 3.05) is 11.4 Å². The first-order valence-corrected chi connectivity index (χ1v) is 7.79. The number of fused-ring (bicyclic) bond motifs is 1. The van der Waals surface area contributed by atoms with Crippen LogP contribution in [-0.4, -0.2) is 23.7 Å². The summed E-state index contributed by atoms with van der Waals surface area (Å²) in [7, 11) is 0. The molecule has 1 heterocycles. The van der Waals surface area contributed by atoms with Crippen molar-refractivity contribution in [2.24, 2.45) is 5.92 Å². The minimum absolute atomic E-state index is 0.354. The average Bonchev–Trinajstić information content (AvgIpc) is 2.87. The van der Waals surface area contributed by atoms with Crippen molar-refractivity contribution >= 4 is 11.7 Å². The number of aliphatic carboxylic acids is 1. The van der Waals surface area contributed by atoms with E-state index < -0.39 is 5.97 Å². The van der Waals surface area contributed by atoms with Gasteiger partial charge in [0.25, 0.3) is 0 Å². The molecule has 0 amide bonds. The maximum atomic E-state index is 11.5. The number of hydrogen-bond acceptors (Lipinski definition) is 2. The number of rotatable bonds is 3. The Morgan fingerprint density at radius 3 is 2.90 bits per heavy atom. The molecular formula is C17H23NO2. The highest BCUT2D eigenvalue weighted by atomic mass is 16.4. The van der Waals surface area contributed by atoms with Gasteiger partial charge in [0.05, 0.1) is 0 Å². The van der Waals surface area contributed by atoms with Crippen LogP contribution in [0.25, 0.3) is 0 Å². The van der Waals surface area contributed by atoms with Gasteiger partial charge in [0, 0.05) is 18.3 Å². The number of carbonyl (C=O) groups is 1. The fraction of sp³-hybridized carbons (Fsp3) is 0.588. The smallest absolute Gasteiger partial charge is 0.312 e. The van der Waals surface area contributed by atoms with Crippen molar-refractivity contribution in [3.8, 4) is 0 Å². The molecular weight excluding hydrogens is 250 g/mol. The normalized spacial score (nSPS) is 29.2. The molecule has 0 spiro atoms. The summed E-state index contributed by atoms with van der Waals surface area (Å²) < 4.78 is 0. The quantitative estimate of drug-likeness (QED) is 0.914. The monoisotopic (exact) mass is 273 g/mol. The first-order chi connectivity index (χ1) is 9.70. The van der Waals surface area contributed by atoms with Crippen LogP contribution in [0.4, 0.5) is 5.69 Å². The van der Waals surface area contributed by atoms with Gasteiger partial charge in [-0.2, -0.15) is 0 Å². The number of anilines is 1. The molecule has 2 aliphatic rings. The number of nitrogens with zero attached hydrogens (tertiary/aromatic N) is 1. The van der Waals surface area contributed by atoms with Gasteiger partial charge in [-0.15, -0.1) is 0 Å². The number of para-hydroxylation sites is 1. The first kappa shape index (κ1) is 13.5. The van der Waals surface area contributed by atoms with Gasteiger partial charge in [-0.1, -0.05) is 44.4 Å². The van der Waals surface area contributed by atoms with E-state index in [9.17, 15) is 9.90 Å². The zero-order valence-corrected chi connectivity index (χ0v) is 12.1. The molecule has 0 aromatic heterocycles. The van der Waals surface area contributed by atoms with Crippen molar-refractivity contribution in [1.82, 2.24) is 0 Å². The molecule has 3 unspecified atom stereocenters. The molecule has 1 aliphatic heterocycles. The summed E-state index contributed by atoms with van der Waals surface area (Å²) in [5, 5.41) is 9.45. The zero-order valence-electron chi connectivity index (χ0n) is 12.1. The van der Waals surface area contributed by atoms with Crippen LogP contribution in [0.3, 0.4) is 0 Å². The standard InChI is InChI=1S/C17H23NO2/c1-2-12-6-5-7-13(10-12)18-11-15(17(19)20)14-8-3-4-9-16(14)18/h3-4,8-9,12-13,15H,2,5-7,10-11H2,1H3,(H,19,20). The van der Waals surface area contributed by atoms with Crippen molar-refractivity contribution in [3.05, 3.63) is 29.8 Å². The minimum atomic E-state index is -0.692. The van der Waals surface area contributed by atoms with E-state index in [0.29, 0.717) is 12.6 Å². The molecule has 3 heteroatoms. The van der Waals surface area contributed by atoms with Crippen LogP contribution in [0.1, 0.15) is 50.5 Å². The highest BCUT2D eigenvalue weighted by Crippen LogP contribution is 2.41. The topological polar surface area (TPSA) is 40.5 Å². The molecule has 108 valence electrons. The van der Waals surface area contributed by atoms with Crippen molar-refractivity contribution in [1.29, 1.82) is 0 Å². The van der Waals surface area contributed by atoms with Gasteiger partial charge in [-0.3, -0.25) is 4.79 Å². The van der Waals surface area contributed by atoms with Gasteiger partial charge in [0.15, 0.2) is 0 Å². The van der Waals surface area contributed by atoms with Gasteiger partial charge in [-0.25, -0.2) is 0 Å². The molecule has 1 N–H and O–H groups in total. The Balaban J connectivity index is 1.86. The van der Waals surface area contributed by atoms with E-state index in [1.54, 1.807) is 0 Å². The van der Waals surface area contributed by atoms with Crippen molar-refractivity contribution in [3.63, 3.8) is 0 Å². The maximum Gasteiger partial charge on any atom is 0.312 e. The van der Waals surface area contributed by atoms with Crippen LogP contribution in [0.15, 0.2) is 24.3 Å². The largest absolute Gasteiger partial charge is 0.481 e. The summed E-state index contributed by atoms with van der Waals surface area (Å²) in [4.78, 5) is 13.9. The van der Waals surface area contributed by atoms with Crippen LogP contribution < -0.4 is 4.90 Å². The number of benzene rings is 1. The van der Waals surface area contributed by atoms with E-state index in [1.165, 1.54) is 32.1 Å². The predicted molar refractivity (Wildman–Crippen MR) is 80.2 cm³/mol. The molecule has 1 aromatic rings. The average molecular weight is 273 g/mol. The Hall–Kier alpha value is -1.51. The molecule has 0 bridgehead atoms. The second-order valence-electron chi connectivity index (χ2n) is 6.20. The molecule has 0 saturated heterocycles. The lowest BCUT2D eigenvalue weighted by Gasteiger charge is -2.37. The van der Waals surface area contributed by atoms with Crippen LogP contribution in [-0.2, 0) is 4.79 Å². The van der Waals surface area contributed by atoms with E-state index in [1.807, 2.05) is 18.2 Å². The summed E-state index contributed by atoms with van der Waals surface area (Å²) in [6.45, 7) is 2.92. The van der Waals surface area contributed by atoms with Gasteiger partial charge < -0.3 is 10.0 Å². The zero-order chi connectivity index (χ0) is 14.1. The second kappa shape index (κ2) is 5.47. The maximum absolute atomic E-state index is 11.5. The molecule has 0 radical (unpaired) electrons. The Morgan fingerprint density at radius 1 is 1.35 bits per heavy atom. The minimum Gasteiger partial charge on any atom is -0.481 e. The van der Waals surface area contributed by atoms with Gasteiger partial charge >= 0.3 is 5.97 Å². The number of carboxylic acid groups (broad SMARTS) is 1. The molecule has 3 atom stereocenters. The van der Waals surface area contributed by atoms with E-state index in [0.717, 1.165) is 17.2 Å². The third kappa shape index (κ3) is 2.30. The first-order valence-electron chi connectivity index (χ1n) is 7.79. The highest BCUT2D eigenvalue weighted by molar-refractivity contribution is 5.83. The fourth-order valence-corrected chi connectivity index (χ4v) is 3.91. The molecule has 3 nitrogen and oxygen atoms in total. The summed E-state index contributed by atoms with van der Waals surface area (Å²) in [5.74, 6) is -0.235. The third-order valence-electron chi connectivity index (χ3n) is 5.07. The van der Waals surface area contributed by atoms with Crippen LogP contribution in [0, 0.1) is 5.92 Å². The SMILES string of the molecule is CCC1CCCC(N2CC(C(=O)O)c3ccccc32)C1. The van der Waals surface area contributed by atoms with E-state index in [-0.39, 0.29) is 5.92 Å². The lowest BCUT2D eigenvalue weighted by atomic mass is 9.83. The Kier molecular flexibility index (Phi) is 3.68. The summed E-state index contributed by atoms with van der Waals surface area (Å²) in [6, 6.07) is 8.57. The molecule has 1 saturated carbocycles. The Morgan fingerprint density at radius 2 is 2.15 bits per heavy atom. The third-order valence-corrected chi connectivity index (χ3v) is 5.07. The lowest BCUT2D eigenvalue weighted by Crippen LogP contribution is -2.38. The van der Waals surface area contributed by atoms with Gasteiger partial charge in [0.1, 0.15) is 5.92 Å². The Bertz CT molecular complexity index is 500. The van der Waals surface area contributed by atoms with Crippen LogP contribution in [0.5, 0.6) is 0 Å². The van der Waals surface area contributed by atoms with Crippen molar-refractivity contribution in [2.45, 2.75) is 51.0 Å². The van der Waals surface area contributed by atoms with Crippen molar-refractivity contribution < 1.29 is 9.90 Å². The number of carboxylic acids is 1. The molecule has 1 aromatic carbocycles. The summed E-state index contributed by atoms with van der Waals surface area (Å²) in [5.41, 5.74) is 2.15. The summed E-state index contributed by atoms with van der Waals surface area (Å²) in [6.07, 6.45) is 6.28. The molecule has 1 aliphatic carbocycles. The summed E-state index contributed by atoms with van der Waals surface area (Å²) >= 11 is 0. The van der Waals surface area contributed by atoms with E-state index in [2.05, 4.69) is 17.9 Å². The Labute approximate surface area is 120 Å². The van der Waals surface area contributed by atoms with Gasteiger partial charge in [-0.05, 0) is 30.4 Å². The van der Waals surface area contributed by atoms with Gasteiger partial charge in [0.2, 0.25) is 0 Å². The lowest BCUT2D eigenvalue weighted by molar-refractivity contribution is -0.138. The van der Waals surface area contributed by atoms with E-state index >= 15 is 0 Å².